The first-order valence-electron chi connectivity index (χ1n) is 7.48. The van der Waals surface area contributed by atoms with Gasteiger partial charge in [-0.15, -0.1) is 0 Å². The summed E-state index contributed by atoms with van der Waals surface area (Å²) in [6, 6.07) is 6.33. The number of para-hydroxylation sites is 1. The Balaban J connectivity index is 1.62. The molecule has 0 unspecified atom stereocenters. The van der Waals surface area contributed by atoms with Crippen molar-refractivity contribution in [2.75, 3.05) is 44.2 Å². The Morgan fingerprint density at radius 3 is 2.80 bits per heavy atom. The van der Waals surface area contributed by atoms with Gasteiger partial charge in [-0.25, -0.2) is 4.98 Å². The first-order chi connectivity index (χ1) is 9.88. The number of piperazine rings is 1. The maximum absolute atomic E-state index is 5.55. The Kier molecular flexibility index (Phi) is 4.18. The van der Waals surface area contributed by atoms with Crippen LogP contribution in [0.5, 0.6) is 0 Å². The van der Waals surface area contributed by atoms with Crippen molar-refractivity contribution in [1.82, 2.24) is 14.9 Å². The van der Waals surface area contributed by atoms with Crippen molar-refractivity contribution >= 4 is 16.7 Å². The summed E-state index contributed by atoms with van der Waals surface area (Å²) >= 11 is 0. The Hall–Kier alpha value is -1.59. The molecule has 0 radical (unpaired) electrons. The fourth-order valence-electron chi connectivity index (χ4n) is 2.91. The SMILES string of the molecule is NCCCCN1CCN(c2cccc3nc[nH]c23)CC1. The molecule has 1 aliphatic heterocycles. The highest BCUT2D eigenvalue weighted by atomic mass is 15.3. The molecule has 3 rings (SSSR count). The number of rotatable bonds is 5. The molecule has 108 valence electrons. The minimum Gasteiger partial charge on any atom is -0.367 e. The summed E-state index contributed by atoms with van der Waals surface area (Å²) in [6.07, 6.45) is 4.12. The second kappa shape index (κ2) is 6.24. The molecule has 1 aromatic carbocycles. The molecule has 0 amide bonds. The highest BCUT2D eigenvalue weighted by Crippen LogP contribution is 2.24. The van der Waals surface area contributed by atoms with E-state index in [4.69, 9.17) is 5.73 Å². The van der Waals surface area contributed by atoms with E-state index in [0.29, 0.717) is 0 Å². The Morgan fingerprint density at radius 1 is 1.15 bits per heavy atom. The maximum Gasteiger partial charge on any atom is 0.0932 e. The molecular weight excluding hydrogens is 250 g/mol. The lowest BCUT2D eigenvalue weighted by Crippen LogP contribution is -2.46. The van der Waals surface area contributed by atoms with Crippen molar-refractivity contribution in [2.24, 2.45) is 5.73 Å². The first-order valence-corrected chi connectivity index (χ1v) is 7.48. The lowest BCUT2D eigenvalue weighted by molar-refractivity contribution is 0.253. The Morgan fingerprint density at radius 2 is 2.00 bits per heavy atom. The molecule has 0 spiro atoms. The number of aromatic amines is 1. The van der Waals surface area contributed by atoms with Gasteiger partial charge in [-0.3, -0.25) is 4.90 Å². The molecule has 3 N–H and O–H groups in total. The van der Waals surface area contributed by atoms with Gasteiger partial charge in [0.2, 0.25) is 0 Å². The fraction of sp³-hybridized carbons (Fsp3) is 0.533. The van der Waals surface area contributed by atoms with Crippen LogP contribution >= 0.6 is 0 Å². The number of unbranched alkanes of at least 4 members (excludes halogenated alkanes) is 1. The quantitative estimate of drug-likeness (QED) is 0.809. The van der Waals surface area contributed by atoms with Crippen LogP contribution in [0.3, 0.4) is 0 Å². The molecule has 5 heteroatoms. The lowest BCUT2D eigenvalue weighted by atomic mass is 10.2. The number of fused-ring (bicyclic) bond motifs is 1. The lowest BCUT2D eigenvalue weighted by Gasteiger charge is -2.36. The molecular formula is C15H23N5. The van der Waals surface area contributed by atoms with Crippen molar-refractivity contribution in [3.05, 3.63) is 24.5 Å². The van der Waals surface area contributed by atoms with Crippen LogP contribution in [0.15, 0.2) is 24.5 Å². The zero-order valence-electron chi connectivity index (χ0n) is 11.9. The summed E-state index contributed by atoms with van der Waals surface area (Å²) in [4.78, 5) is 12.6. The highest BCUT2D eigenvalue weighted by Gasteiger charge is 2.18. The first kappa shape index (κ1) is 13.4. The minimum atomic E-state index is 0.807. The molecule has 0 atom stereocenters. The molecule has 1 aromatic heterocycles. The maximum atomic E-state index is 5.55. The van der Waals surface area contributed by atoms with Crippen LogP contribution < -0.4 is 10.6 Å². The molecule has 5 nitrogen and oxygen atoms in total. The van der Waals surface area contributed by atoms with Gasteiger partial charge in [-0.1, -0.05) is 6.07 Å². The summed E-state index contributed by atoms with van der Waals surface area (Å²) in [7, 11) is 0. The number of nitrogens with two attached hydrogens (primary N) is 1. The van der Waals surface area contributed by atoms with Crippen molar-refractivity contribution in [3.63, 3.8) is 0 Å². The van der Waals surface area contributed by atoms with Crippen molar-refractivity contribution in [1.29, 1.82) is 0 Å². The Labute approximate surface area is 119 Å². The van der Waals surface area contributed by atoms with Crippen LogP contribution in [-0.4, -0.2) is 54.1 Å². The summed E-state index contributed by atoms with van der Waals surface area (Å²) in [5.41, 5.74) is 9.03. The number of nitrogens with zero attached hydrogens (tertiary/aromatic N) is 3. The molecule has 0 bridgehead atoms. The molecule has 0 saturated carbocycles. The third-order valence-corrected chi connectivity index (χ3v) is 4.07. The molecule has 2 heterocycles. The average Bonchev–Trinajstić information content (AvgIpc) is 2.97. The molecule has 20 heavy (non-hydrogen) atoms. The molecule has 1 fully saturated rings. The van der Waals surface area contributed by atoms with E-state index in [1.165, 1.54) is 18.7 Å². The number of nitrogens with one attached hydrogen (secondary N) is 1. The predicted octanol–water partition coefficient (Wildman–Crippen LogP) is 1.42. The molecule has 0 aliphatic carbocycles. The smallest absolute Gasteiger partial charge is 0.0932 e. The summed E-state index contributed by atoms with van der Waals surface area (Å²) in [5.74, 6) is 0. The predicted molar refractivity (Wildman–Crippen MR) is 83.0 cm³/mol. The number of anilines is 1. The third-order valence-electron chi connectivity index (χ3n) is 4.07. The number of benzene rings is 1. The van der Waals surface area contributed by atoms with Gasteiger partial charge in [0.1, 0.15) is 0 Å². The van der Waals surface area contributed by atoms with E-state index >= 15 is 0 Å². The standard InChI is InChI=1S/C15H23N5/c16-6-1-2-7-19-8-10-20(11-9-19)14-5-3-4-13-15(14)18-12-17-13/h3-5,12H,1-2,6-11,16H2,(H,17,18). The van der Waals surface area contributed by atoms with E-state index in [1.807, 2.05) is 0 Å². The van der Waals surface area contributed by atoms with Gasteiger partial charge in [-0.05, 0) is 38.1 Å². The molecule has 2 aromatic rings. The van der Waals surface area contributed by atoms with E-state index in [0.717, 1.165) is 50.2 Å². The second-order valence-corrected chi connectivity index (χ2v) is 5.40. The highest BCUT2D eigenvalue weighted by molar-refractivity contribution is 5.88. The average molecular weight is 273 g/mol. The van der Waals surface area contributed by atoms with Crippen LogP contribution in [0.4, 0.5) is 5.69 Å². The summed E-state index contributed by atoms with van der Waals surface area (Å²) < 4.78 is 0. The number of H-pyrrole nitrogens is 1. The van der Waals surface area contributed by atoms with Crippen molar-refractivity contribution < 1.29 is 0 Å². The third kappa shape index (κ3) is 2.78. The largest absolute Gasteiger partial charge is 0.367 e. The molecule has 1 saturated heterocycles. The minimum absolute atomic E-state index is 0.807. The van der Waals surface area contributed by atoms with Gasteiger partial charge < -0.3 is 15.6 Å². The van der Waals surface area contributed by atoms with Crippen LogP contribution in [0.25, 0.3) is 11.0 Å². The van der Waals surface area contributed by atoms with Crippen LogP contribution in [0, 0.1) is 0 Å². The van der Waals surface area contributed by atoms with Gasteiger partial charge in [0, 0.05) is 26.2 Å². The van der Waals surface area contributed by atoms with Gasteiger partial charge in [-0.2, -0.15) is 0 Å². The Bertz CT molecular complexity index is 542. The summed E-state index contributed by atoms with van der Waals surface area (Å²) in [5, 5.41) is 0. The number of aromatic nitrogens is 2. The van der Waals surface area contributed by atoms with E-state index < -0.39 is 0 Å². The van der Waals surface area contributed by atoms with Crippen molar-refractivity contribution in [3.8, 4) is 0 Å². The zero-order chi connectivity index (χ0) is 13.8. The van der Waals surface area contributed by atoms with E-state index in [1.54, 1.807) is 6.33 Å². The van der Waals surface area contributed by atoms with Gasteiger partial charge >= 0.3 is 0 Å². The summed E-state index contributed by atoms with van der Waals surface area (Å²) in [6.45, 7) is 6.42. The van der Waals surface area contributed by atoms with E-state index in [2.05, 4.69) is 38.0 Å². The van der Waals surface area contributed by atoms with E-state index in [-0.39, 0.29) is 0 Å². The molecule has 1 aliphatic rings. The monoisotopic (exact) mass is 273 g/mol. The zero-order valence-corrected chi connectivity index (χ0v) is 11.9. The second-order valence-electron chi connectivity index (χ2n) is 5.40. The normalized spacial score (nSPS) is 16.9. The van der Waals surface area contributed by atoms with E-state index in [9.17, 15) is 0 Å². The number of hydrogen-bond donors (Lipinski definition) is 2. The van der Waals surface area contributed by atoms with Gasteiger partial charge in [0.15, 0.2) is 0 Å². The number of hydrogen-bond acceptors (Lipinski definition) is 4. The van der Waals surface area contributed by atoms with Crippen molar-refractivity contribution in [2.45, 2.75) is 12.8 Å². The van der Waals surface area contributed by atoms with Gasteiger partial charge in [0.25, 0.3) is 0 Å². The topological polar surface area (TPSA) is 61.2 Å². The fourth-order valence-corrected chi connectivity index (χ4v) is 2.91. The number of imidazole rings is 1. The van der Waals surface area contributed by atoms with Crippen LogP contribution in [0.1, 0.15) is 12.8 Å². The van der Waals surface area contributed by atoms with Gasteiger partial charge in [0.05, 0.1) is 23.0 Å². The van der Waals surface area contributed by atoms with Crippen LogP contribution in [-0.2, 0) is 0 Å². The van der Waals surface area contributed by atoms with Crippen LogP contribution in [0.2, 0.25) is 0 Å².